The molecule has 41 heavy (non-hydrogen) atoms. The van der Waals surface area contributed by atoms with Crippen molar-refractivity contribution in [1.82, 2.24) is 0 Å². The summed E-state index contributed by atoms with van der Waals surface area (Å²) in [6, 6.07) is 40.5. The summed E-state index contributed by atoms with van der Waals surface area (Å²) >= 11 is 0. The zero-order chi connectivity index (χ0) is 28.0. The molecule has 0 spiro atoms. The Bertz CT molecular complexity index is 1770. The van der Waals surface area contributed by atoms with Crippen LogP contribution in [0.4, 0.5) is 0 Å². The van der Waals surface area contributed by atoms with Gasteiger partial charge in [0.1, 0.15) is 32.6 Å². The quantitative estimate of drug-likeness (QED) is 0.165. The first-order valence-corrected chi connectivity index (χ1v) is 17.8. The first-order valence-electron chi connectivity index (χ1n) is 14.3. The van der Waals surface area contributed by atoms with E-state index in [1.165, 1.54) is 22.3 Å². The molecule has 0 aromatic heterocycles. The molecule has 1 atom stereocenters. The highest BCUT2D eigenvalue weighted by Gasteiger charge is 2.37. The van der Waals surface area contributed by atoms with Crippen LogP contribution in [0.25, 0.3) is 22.3 Å². The van der Waals surface area contributed by atoms with Gasteiger partial charge in [-0.1, -0.05) is 135 Å². The zero-order valence-corrected chi connectivity index (χ0v) is 24.6. The van der Waals surface area contributed by atoms with Crippen molar-refractivity contribution in [2.75, 3.05) is 0 Å². The van der Waals surface area contributed by atoms with Crippen LogP contribution in [0, 0.1) is 11.5 Å². The van der Waals surface area contributed by atoms with E-state index in [-0.39, 0.29) is 12.2 Å². The van der Waals surface area contributed by atoms with Gasteiger partial charge in [-0.25, -0.2) is 0 Å². The molecule has 7 rings (SSSR count). The highest BCUT2D eigenvalue weighted by Crippen LogP contribution is 2.54. The number of hydrogen-bond donors (Lipinski definition) is 0. The number of benzene rings is 5. The summed E-state index contributed by atoms with van der Waals surface area (Å²) in [4.78, 5) is 0. The van der Waals surface area contributed by atoms with Crippen molar-refractivity contribution in [3.8, 4) is 39.5 Å². The minimum absolute atomic E-state index is 0.237. The Kier molecular flexibility index (Phi) is 6.39. The van der Waals surface area contributed by atoms with Crippen LogP contribution in [0.3, 0.4) is 0 Å². The average molecular weight is 549 g/mol. The predicted octanol–water partition coefficient (Wildman–Crippen LogP) is 9.35. The summed E-state index contributed by atoms with van der Waals surface area (Å²) < 4.78 is 13.7. The van der Waals surface area contributed by atoms with Crippen molar-refractivity contribution in [3.63, 3.8) is 0 Å². The van der Waals surface area contributed by atoms with Gasteiger partial charge in [0.05, 0.1) is 0 Å². The number of rotatable bonds is 4. The highest BCUT2D eigenvalue weighted by molar-refractivity contribution is 6.83. The minimum Gasteiger partial charge on any atom is -0.488 e. The van der Waals surface area contributed by atoms with Crippen molar-refractivity contribution in [2.45, 2.75) is 38.5 Å². The van der Waals surface area contributed by atoms with E-state index in [0.717, 1.165) is 39.1 Å². The summed E-state index contributed by atoms with van der Waals surface area (Å²) in [5.74, 6) is 4.63. The topological polar surface area (TPSA) is 18.5 Å². The summed E-state index contributed by atoms with van der Waals surface area (Å²) in [5, 5.41) is 0. The molecular weight excluding hydrogens is 517 g/mol. The fourth-order valence-electron chi connectivity index (χ4n) is 5.98. The second-order valence-electron chi connectivity index (χ2n) is 11.8. The average Bonchev–Trinajstić information content (AvgIpc) is 3.31. The first kappa shape index (κ1) is 25.6. The molecule has 1 aliphatic carbocycles. The lowest BCUT2D eigenvalue weighted by Gasteiger charge is -2.28. The Morgan fingerprint density at radius 2 is 1.34 bits per heavy atom. The molecule has 5 aromatic rings. The van der Waals surface area contributed by atoms with Gasteiger partial charge in [-0.15, -0.1) is 5.54 Å². The second-order valence-corrected chi connectivity index (χ2v) is 16.6. The van der Waals surface area contributed by atoms with E-state index in [9.17, 15) is 0 Å². The Morgan fingerprint density at radius 1 is 0.732 bits per heavy atom. The van der Waals surface area contributed by atoms with Crippen molar-refractivity contribution < 1.29 is 9.47 Å². The third-order valence-electron chi connectivity index (χ3n) is 7.84. The van der Waals surface area contributed by atoms with Crippen LogP contribution < -0.4 is 4.74 Å². The molecule has 1 heterocycles. The molecule has 2 aliphatic rings. The summed E-state index contributed by atoms with van der Waals surface area (Å²) in [5.41, 5.74) is 15.1. The second kappa shape index (κ2) is 10.2. The minimum atomic E-state index is -1.69. The van der Waals surface area contributed by atoms with Crippen LogP contribution in [0.15, 0.2) is 115 Å². The third-order valence-corrected chi connectivity index (χ3v) is 8.71. The number of fused-ring (bicyclic) bond motifs is 6. The molecule has 0 saturated heterocycles. The summed E-state index contributed by atoms with van der Waals surface area (Å²) in [6.07, 6.45) is -0.518. The van der Waals surface area contributed by atoms with Gasteiger partial charge in [0.2, 0.25) is 0 Å². The summed E-state index contributed by atoms with van der Waals surface area (Å²) in [6.45, 7) is 7.45. The molecule has 3 heteroatoms. The smallest absolute Gasteiger partial charge is 0.129 e. The molecule has 0 N–H and O–H groups in total. The van der Waals surface area contributed by atoms with E-state index >= 15 is 0 Å². The van der Waals surface area contributed by atoms with E-state index in [1.54, 1.807) is 0 Å². The van der Waals surface area contributed by atoms with Crippen LogP contribution >= 0.6 is 0 Å². The van der Waals surface area contributed by atoms with Gasteiger partial charge in [0.25, 0.3) is 0 Å². The van der Waals surface area contributed by atoms with Crippen LogP contribution in [0.1, 0.15) is 45.6 Å². The monoisotopic (exact) mass is 548 g/mol. The Hall–Kier alpha value is -4.36. The van der Waals surface area contributed by atoms with Crippen LogP contribution in [0.5, 0.6) is 5.75 Å². The molecule has 2 nitrogen and oxygen atoms in total. The van der Waals surface area contributed by atoms with Crippen molar-refractivity contribution in [1.29, 1.82) is 0 Å². The van der Waals surface area contributed by atoms with E-state index in [0.29, 0.717) is 6.61 Å². The maximum absolute atomic E-state index is 7.29. The molecule has 0 fully saturated rings. The van der Waals surface area contributed by atoms with E-state index < -0.39 is 8.07 Å². The molecular formula is C38H32O2Si. The van der Waals surface area contributed by atoms with Crippen LogP contribution in [-0.2, 0) is 11.3 Å². The number of ether oxygens (including phenoxy) is 2. The standard InChI is InChI=1S/C38H32O2Si/c1-41(2,3)23-22-32-35-29-19-11-10-18-28(29)25-39-34(35)24-33-30-20-12-13-21-31(30)38(36(32)33)40-37(26-14-6-4-7-15-26)27-16-8-5-9-17-27/h4-21,24,37-38H,25H2,1-3H3. The molecule has 5 aromatic carbocycles. The Labute approximate surface area is 243 Å². The fourth-order valence-corrected chi connectivity index (χ4v) is 6.48. The molecule has 1 unspecified atom stereocenters. The fraction of sp³-hybridized carbons (Fsp3) is 0.158. The summed E-state index contributed by atoms with van der Waals surface area (Å²) in [7, 11) is -1.69. The Balaban J connectivity index is 1.49. The van der Waals surface area contributed by atoms with Gasteiger partial charge in [0, 0.05) is 16.7 Å². The van der Waals surface area contributed by atoms with E-state index in [4.69, 9.17) is 9.47 Å². The van der Waals surface area contributed by atoms with Crippen LogP contribution in [0.2, 0.25) is 19.6 Å². The first-order chi connectivity index (χ1) is 20.0. The van der Waals surface area contributed by atoms with Gasteiger partial charge in [-0.3, -0.25) is 0 Å². The van der Waals surface area contributed by atoms with Gasteiger partial charge in [0.15, 0.2) is 0 Å². The van der Waals surface area contributed by atoms with Gasteiger partial charge >= 0.3 is 0 Å². The van der Waals surface area contributed by atoms with Crippen molar-refractivity contribution in [2.24, 2.45) is 0 Å². The molecule has 0 radical (unpaired) electrons. The van der Waals surface area contributed by atoms with E-state index in [2.05, 4.69) is 146 Å². The van der Waals surface area contributed by atoms with Crippen molar-refractivity contribution >= 4 is 8.07 Å². The molecule has 0 saturated carbocycles. The highest BCUT2D eigenvalue weighted by atomic mass is 28.3. The maximum atomic E-state index is 7.29. The Morgan fingerprint density at radius 3 is 2.02 bits per heavy atom. The van der Waals surface area contributed by atoms with Crippen LogP contribution in [-0.4, -0.2) is 8.07 Å². The van der Waals surface area contributed by atoms with Crippen molar-refractivity contribution in [3.05, 3.63) is 149 Å². The zero-order valence-electron chi connectivity index (χ0n) is 23.6. The largest absolute Gasteiger partial charge is 0.488 e. The predicted molar refractivity (Wildman–Crippen MR) is 170 cm³/mol. The lowest BCUT2D eigenvalue weighted by atomic mass is 9.87. The molecule has 1 aliphatic heterocycles. The molecule has 200 valence electrons. The lowest BCUT2D eigenvalue weighted by molar-refractivity contribution is 0.0332. The normalized spacial score (nSPS) is 14.7. The van der Waals surface area contributed by atoms with Gasteiger partial charge < -0.3 is 9.47 Å². The van der Waals surface area contributed by atoms with E-state index in [1.807, 2.05) is 0 Å². The maximum Gasteiger partial charge on any atom is 0.129 e. The molecule has 0 amide bonds. The number of hydrogen-bond acceptors (Lipinski definition) is 2. The third kappa shape index (κ3) is 4.70. The van der Waals surface area contributed by atoms with Gasteiger partial charge in [-0.2, -0.15) is 0 Å². The molecule has 0 bridgehead atoms. The SMILES string of the molecule is C[Si](C)(C)C#Cc1c2c(cc3c1C(OC(c1ccccc1)c1ccccc1)c1ccccc1-3)OCc1ccccc1-2. The lowest BCUT2D eigenvalue weighted by Crippen LogP contribution is -2.17. The van der Waals surface area contributed by atoms with Gasteiger partial charge in [-0.05, 0) is 45.0 Å².